The molecule has 0 aliphatic heterocycles. The number of carbonyl (C=O) groups excluding carboxylic acids is 4. The van der Waals surface area contributed by atoms with Gasteiger partial charge in [-0.3, -0.25) is 19.2 Å². The van der Waals surface area contributed by atoms with Crippen molar-refractivity contribution in [3.05, 3.63) is 30.3 Å². The number of ketones is 2. The van der Waals surface area contributed by atoms with Crippen LogP contribution in [-0.2, 0) is 19.2 Å². The second kappa shape index (κ2) is 7.83. The minimum atomic E-state index is -0.519. The number of Topliss-reactive ketones (excluding diaryl/α,β-unsaturated/α-hetero) is 2. The molecule has 1 rings (SSSR count). The molecular weight excluding hydrogens is 260 g/mol. The third-order valence-corrected chi connectivity index (χ3v) is 2.31. The Hall–Kier alpha value is -2.50. The Bertz CT molecular complexity index is 511. The Morgan fingerprint density at radius 1 is 0.950 bits per heavy atom. The van der Waals surface area contributed by atoms with Crippen LogP contribution >= 0.6 is 0 Å². The zero-order chi connectivity index (χ0) is 15.0. The van der Waals surface area contributed by atoms with E-state index in [1.165, 1.54) is 6.92 Å². The first-order valence-corrected chi connectivity index (χ1v) is 6.10. The molecule has 6 nitrogen and oxygen atoms in total. The van der Waals surface area contributed by atoms with Crippen molar-refractivity contribution in [2.24, 2.45) is 0 Å². The van der Waals surface area contributed by atoms with Crippen molar-refractivity contribution in [2.45, 2.75) is 19.8 Å². The SMILES string of the molecule is CC(=O)CC(=O)NCC(=O)CC(=O)Nc1ccccc1. The number of hydrogen-bond acceptors (Lipinski definition) is 4. The van der Waals surface area contributed by atoms with E-state index >= 15 is 0 Å². The molecule has 6 heteroatoms. The van der Waals surface area contributed by atoms with Crippen LogP contribution in [0.3, 0.4) is 0 Å². The minimum Gasteiger partial charge on any atom is -0.349 e. The summed E-state index contributed by atoms with van der Waals surface area (Å²) in [4.78, 5) is 44.8. The number of rotatable bonds is 7. The lowest BCUT2D eigenvalue weighted by molar-refractivity contribution is -0.130. The molecule has 1 aromatic rings. The second-order valence-electron chi connectivity index (χ2n) is 4.29. The first kappa shape index (κ1) is 15.6. The molecule has 0 saturated heterocycles. The van der Waals surface area contributed by atoms with Crippen LogP contribution in [-0.4, -0.2) is 29.9 Å². The molecule has 0 aromatic heterocycles. The summed E-state index contributed by atoms with van der Waals surface area (Å²) in [6.45, 7) is 1.03. The molecule has 0 aliphatic rings. The van der Waals surface area contributed by atoms with Gasteiger partial charge in [0.25, 0.3) is 0 Å². The highest BCUT2D eigenvalue weighted by Crippen LogP contribution is 2.05. The van der Waals surface area contributed by atoms with E-state index in [0.29, 0.717) is 5.69 Å². The third kappa shape index (κ3) is 6.44. The van der Waals surface area contributed by atoms with E-state index in [1.54, 1.807) is 24.3 Å². The molecule has 2 N–H and O–H groups in total. The molecule has 0 fully saturated rings. The van der Waals surface area contributed by atoms with Crippen molar-refractivity contribution in [1.82, 2.24) is 5.32 Å². The third-order valence-electron chi connectivity index (χ3n) is 2.31. The molecule has 2 amide bonds. The molecule has 0 unspecified atom stereocenters. The van der Waals surface area contributed by atoms with Crippen molar-refractivity contribution in [2.75, 3.05) is 11.9 Å². The second-order valence-corrected chi connectivity index (χ2v) is 4.29. The molecular formula is C14H16N2O4. The summed E-state index contributed by atoms with van der Waals surface area (Å²) in [5.41, 5.74) is 0.603. The Morgan fingerprint density at radius 2 is 1.60 bits per heavy atom. The average Bonchev–Trinajstić information content (AvgIpc) is 2.36. The average molecular weight is 276 g/mol. The summed E-state index contributed by atoms with van der Waals surface area (Å²) in [5.74, 6) is -1.66. The van der Waals surface area contributed by atoms with Crippen LogP contribution in [0, 0.1) is 0 Å². The summed E-state index contributed by atoms with van der Waals surface area (Å²) in [5, 5.41) is 4.86. The zero-order valence-electron chi connectivity index (χ0n) is 11.1. The first-order valence-electron chi connectivity index (χ1n) is 6.10. The maximum absolute atomic E-state index is 11.5. The van der Waals surface area contributed by atoms with Crippen LogP contribution in [0.2, 0.25) is 0 Å². The highest BCUT2D eigenvalue weighted by Gasteiger charge is 2.11. The first-order chi connectivity index (χ1) is 9.47. The van der Waals surface area contributed by atoms with Crippen LogP contribution in [0.15, 0.2) is 30.3 Å². The van der Waals surface area contributed by atoms with Gasteiger partial charge in [-0.2, -0.15) is 0 Å². The van der Waals surface area contributed by atoms with Crippen LogP contribution in [0.5, 0.6) is 0 Å². The van der Waals surface area contributed by atoms with E-state index in [1.807, 2.05) is 6.07 Å². The summed E-state index contributed by atoms with van der Waals surface area (Å²) in [6.07, 6.45) is -0.585. The van der Waals surface area contributed by atoms with Crippen LogP contribution < -0.4 is 10.6 Å². The van der Waals surface area contributed by atoms with E-state index in [2.05, 4.69) is 10.6 Å². The van der Waals surface area contributed by atoms with E-state index in [0.717, 1.165) is 0 Å². The van der Waals surface area contributed by atoms with E-state index in [4.69, 9.17) is 0 Å². The lowest BCUT2D eigenvalue weighted by Crippen LogP contribution is -2.32. The fourth-order valence-electron chi connectivity index (χ4n) is 1.45. The number of anilines is 1. The van der Waals surface area contributed by atoms with Gasteiger partial charge in [0, 0.05) is 5.69 Å². The number of nitrogens with one attached hydrogen (secondary N) is 2. The molecule has 0 radical (unpaired) electrons. The van der Waals surface area contributed by atoms with Crippen LogP contribution in [0.1, 0.15) is 19.8 Å². The Balaban J connectivity index is 2.30. The van der Waals surface area contributed by atoms with Gasteiger partial charge in [-0.05, 0) is 19.1 Å². The van der Waals surface area contributed by atoms with Crippen molar-refractivity contribution in [3.8, 4) is 0 Å². The molecule has 1 aromatic carbocycles. The van der Waals surface area contributed by atoms with Crippen molar-refractivity contribution in [1.29, 1.82) is 0 Å². The van der Waals surface area contributed by atoms with Gasteiger partial charge >= 0.3 is 0 Å². The zero-order valence-corrected chi connectivity index (χ0v) is 11.1. The van der Waals surface area contributed by atoms with E-state index < -0.39 is 17.6 Å². The lowest BCUT2D eigenvalue weighted by Gasteiger charge is -2.05. The van der Waals surface area contributed by atoms with Crippen molar-refractivity contribution >= 4 is 29.1 Å². The molecule has 0 spiro atoms. The van der Waals surface area contributed by atoms with Gasteiger partial charge < -0.3 is 10.6 Å². The number of para-hydroxylation sites is 1. The lowest BCUT2D eigenvalue weighted by atomic mass is 10.2. The number of carbonyl (C=O) groups is 4. The summed E-state index contributed by atoms with van der Waals surface area (Å²) in [7, 11) is 0. The van der Waals surface area contributed by atoms with Gasteiger partial charge in [-0.25, -0.2) is 0 Å². The molecule has 0 aliphatic carbocycles. The predicted octanol–water partition coefficient (Wildman–Crippen LogP) is 0.680. The Morgan fingerprint density at radius 3 is 2.20 bits per heavy atom. The van der Waals surface area contributed by atoms with Gasteiger partial charge in [0.1, 0.15) is 5.78 Å². The number of benzene rings is 1. The standard InChI is InChI=1S/C14H16N2O4/c1-10(17)7-13(19)15-9-12(18)8-14(20)16-11-5-3-2-4-6-11/h2-6H,7-9H2,1H3,(H,15,19)(H,16,20). The maximum Gasteiger partial charge on any atom is 0.231 e. The fourth-order valence-corrected chi connectivity index (χ4v) is 1.45. The van der Waals surface area contributed by atoms with Gasteiger partial charge in [0.05, 0.1) is 19.4 Å². The highest BCUT2D eigenvalue weighted by molar-refractivity contribution is 6.06. The maximum atomic E-state index is 11.5. The molecule has 106 valence electrons. The van der Waals surface area contributed by atoms with Crippen molar-refractivity contribution in [3.63, 3.8) is 0 Å². The molecule has 0 saturated carbocycles. The topological polar surface area (TPSA) is 92.3 Å². The van der Waals surface area contributed by atoms with Crippen molar-refractivity contribution < 1.29 is 19.2 Å². The van der Waals surface area contributed by atoms with Crippen LogP contribution in [0.4, 0.5) is 5.69 Å². The summed E-state index contributed by atoms with van der Waals surface area (Å²) >= 11 is 0. The molecule has 0 bridgehead atoms. The Kier molecular flexibility index (Phi) is 6.09. The molecule has 0 heterocycles. The predicted molar refractivity (Wildman–Crippen MR) is 73.0 cm³/mol. The van der Waals surface area contributed by atoms with Gasteiger partial charge in [-0.1, -0.05) is 18.2 Å². The highest BCUT2D eigenvalue weighted by atomic mass is 16.2. The number of amides is 2. The quantitative estimate of drug-likeness (QED) is 0.716. The Labute approximate surface area is 116 Å². The van der Waals surface area contributed by atoms with Gasteiger partial charge in [0.2, 0.25) is 11.8 Å². The monoisotopic (exact) mass is 276 g/mol. The number of hydrogen-bond donors (Lipinski definition) is 2. The van der Waals surface area contributed by atoms with Gasteiger partial charge in [0.15, 0.2) is 5.78 Å². The fraction of sp³-hybridized carbons (Fsp3) is 0.286. The molecule has 20 heavy (non-hydrogen) atoms. The summed E-state index contributed by atoms with van der Waals surface area (Å²) < 4.78 is 0. The van der Waals surface area contributed by atoms with E-state index in [9.17, 15) is 19.2 Å². The minimum absolute atomic E-state index is 0.256. The largest absolute Gasteiger partial charge is 0.349 e. The van der Waals surface area contributed by atoms with E-state index in [-0.39, 0.29) is 25.2 Å². The van der Waals surface area contributed by atoms with Crippen LogP contribution in [0.25, 0.3) is 0 Å². The molecule has 0 atom stereocenters. The summed E-state index contributed by atoms with van der Waals surface area (Å²) in [6, 6.07) is 8.75. The van der Waals surface area contributed by atoms with Gasteiger partial charge in [-0.15, -0.1) is 0 Å². The smallest absolute Gasteiger partial charge is 0.231 e. The normalized spacial score (nSPS) is 9.65.